The second kappa shape index (κ2) is 13.8. The summed E-state index contributed by atoms with van der Waals surface area (Å²) in [5, 5.41) is 0. The SMILES string of the molecule is C=CCN(CC=C)C(CCc1ccccc1)C(N=C(c1ccccc1)c1ccccc1)C(=O)OC. The highest BCUT2D eigenvalue weighted by Gasteiger charge is 2.33. The zero-order valence-corrected chi connectivity index (χ0v) is 20.4. The van der Waals surface area contributed by atoms with Gasteiger partial charge in [0.15, 0.2) is 6.04 Å². The fourth-order valence-corrected chi connectivity index (χ4v) is 4.24. The maximum atomic E-state index is 13.3. The molecule has 0 saturated heterocycles. The number of nitrogens with zero attached hydrogens (tertiary/aromatic N) is 2. The first-order valence-corrected chi connectivity index (χ1v) is 11.9. The van der Waals surface area contributed by atoms with Crippen LogP contribution in [0, 0.1) is 0 Å². The summed E-state index contributed by atoms with van der Waals surface area (Å²) in [6, 6.07) is 29.3. The van der Waals surface area contributed by atoms with Crippen LogP contribution in [0.15, 0.2) is 121 Å². The van der Waals surface area contributed by atoms with Gasteiger partial charge in [-0.2, -0.15) is 0 Å². The van der Waals surface area contributed by atoms with E-state index in [4.69, 9.17) is 9.73 Å². The first-order chi connectivity index (χ1) is 17.2. The van der Waals surface area contributed by atoms with Gasteiger partial charge >= 0.3 is 5.97 Å². The van der Waals surface area contributed by atoms with E-state index in [9.17, 15) is 4.79 Å². The molecule has 3 aromatic rings. The maximum Gasteiger partial charge on any atom is 0.332 e. The first kappa shape index (κ1) is 25.9. The van der Waals surface area contributed by atoms with Crippen molar-refractivity contribution in [2.24, 2.45) is 4.99 Å². The quantitative estimate of drug-likeness (QED) is 0.183. The van der Waals surface area contributed by atoms with E-state index < -0.39 is 6.04 Å². The zero-order chi connectivity index (χ0) is 24.9. The summed E-state index contributed by atoms with van der Waals surface area (Å²) < 4.78 is 5.30. The Morgan fingerprint density at radius 2 is 1.34 bits per heavy atom. The predicted molar refractivity (Wildman–Crippen MR) is 145 cm³/mol. The van der Waals surface area contributed by atoms with Gasteiger partial charge in [0.2, 0.25) is 0 Å². The van der Waals surface area contributed by atoms with Crippen molar-refractivity contribution in [2.45, 2.75) is 24.9 Å². The molecule has 0 aliphatic heterocycles. The number of carbonyl (C=O) groups is 1. The van der Waals surface area contributed by atoms with E-state index in [1.807, 2.05) is 91.0 Å². The molecule has 0 spiro atoms. The van der Waals surface area contributed by atoms with Crippen molar-refractivity contribution in [1.29, 1.82) is 0 Å². The number of ether oxygens (including phenoxy) is 1. The molecule has 35 heavy (non-hydrogen) atoms. The number of benzene rings is 3. The minimum Gasteiger partial charge on any atom is -0.467 e. The number of aliphatic imine (C=N–C) groups is 1. The topological polar surface area (TPSA) is 41.9 Å². The number of esters is 1. The van der Waals surface area contributed by atoms with Crippen molar-refractivity contribution < 1.29 is 9.53 Å². The molecule has 4 heteroatoms. The van der Waals surface area contributed by atoms with Gasteiger partial charge < -0.3 is 4.74 Å². The Kier molecular flexibility index (Phi) is 10.2. The lowest BCUT2D eigenvalue weighted by Gasteiger charge is -2.33. The average molecular weight is 467 g/mol. The van der Waals surface area contributed by atoms with E-state index in [0.29, 0.717) is 13.1 Å². The Labute approximate surface area is 209 Å². The van der Waals surface area contributed by atoms with Crippen molar-refractivity contribution in [3.63, 3.8) is 0 Å². The third-order valence-corrected chi connectivity index (χ3v) is 5.94. The van der Waals surface area contributed by atoms with Gasteiger partial charge in [-0.1, -0.05) is 103 Å². The van der Waals surface area contributed by atoms with Crippen LogP contribution in [0.25, 0.3) is 0 Å². The highest BCUT2D eigenvalue weighted by molar-refractivity contribution is 6.13. The van der Waals surface area contributed by atoms with Gasteiger partial charge in [-0.15, -0.1) is 13.2 Å². The normalized spacial score (nSPS) is 12.4. The molecule has 0 aliphatic carbocycles. The van der Waals surface area contributed by atoms with E-state index in [1.54, 1.807) is 0 Å². The van der Waals surface area contributed by atoms with Crippen LogP contribution < -0.4 is 0 Å². The molecule has 0 aromatic heterocycles. The van der Waals surface area contributed by atoms with Crippen LogP contribution in [0.4, 0.5) is 0 Å². The number of aryl methyl sites for hydroxylation is 1. The molecule has 0 bridgehead atoms. The summed E-state index contributed by atoms with van der Waals surface area (Å²) in [6.07, 6.45) is 5.25. The standard InChI is InChI=1S/C31H34N2O2/c1-4-23-33(24-5-2)28(22-21-25-15-9-6-10-16-25)30(31(34)35-3)32-29(26-17-11-7-12-18-26)27-19-13-8-14-20-27/h4-20,28,30H,1-2,21-24H2,3H3. The first-order valence-electron chi connectivity index (χ1n) is 11.9. The molecule has 0 saturated carbocycles. The molecule has 0 heterocycles. The number of rotatable bonds is 13. The third kappa shape index (κ3) is 7.36. The molecule has 4 nitrogen and oxygen atoms in total. The summed E-state index contributed by atoms with van der Waals surface area (Å²) in [5.74, 6) is -0.356. The lowest BCUT2D eigenvalue weighted by molar-refractivity contribution is -0.143. The largest absolute Gasteiger partial charge is 0.467 e. The Balaban J connectivity index is 2.10. The molecule has 2 unspecified atom stereocenters. The summed E-state index contributed by atoms with van der Waals surface area (Å²) in [6.45, 7) is 9.10. The molecule has 0 amide bonds. The van der Waals surface area contributed by atoms with Crippen molar-refractivity contribution in [2.75, 3.05) is 20.2 Å². The zero-order valence-electron chi connectivity index (χ0n) is 20.4. The molecule has 3 rings (SSSR count). The van der Waals surface area contributed by atoms with Crippen molar-refractivity contribution in [3.8, 4) is 0 Å². The lowest BCUT2D eigenvalue weighted by Crippen LogP contribution is -2.47. The molecular weight excluding hydrogens is 432 g/mol. The predicted octanol–water partition coefficient (Wildman–Crippen LogP) is 5.74. The number of hydrogen-bond acceptors (Lipinski definition) is 4. The molecule has 0 fully saturated rings. The van der Waals surface area contributed by atoms with Gasteiger partial charge in [0.25, 0.3) is 0 Å². The van der Waals surface area contributed by atoms with Crippen LogP contribution in [0.3, 0.4) is 0 Å². The van der Waals surface area contributed by atoms with Crippen molar-refractivity contribution in [3.05, 3.63) is 133 Å². The number of methoxy groups -OCH3 is 1. The van der Waals surface area contributed by atoms with Gasteiger partial charge in [0, 0.05) is 30.3 Å². The molecule has 0 aliphatic rings. The Morgan fingerprint density at radius 1 is 0.857 bits per heavy atom. The summed E-state index contributed by atoms with van der Waals surface area (Å²) in [4.78, 5) is 20.6. The third-order valence-electron chi connectivity index (χ3n) is 5.94. The second-order valence-corrected chi connectivity index (χ2v) is 8.30. The molecule has 2 atom stereocenters. The van der Waals surface area contributed by atoms with Crippen LogP contribution in [0.2, 0.25) is 0 Å². The molecule has 0 N–H and O–H groups in total. The Morgan fingerprint density at radius 3 is 1.80 bits per heavy atom. The fourth-order valence-electron chi connectivity index (χ4n) is 4.24. The second-order valence-electron chi connectivity index (χ2n) is 8.30. The van der Waals surface area contributed by atoms with Crippen LogP contribution >= 0.6 is 0 Å². The van der Waals surface area contributed by atoms with Crippen LogP contribution in [0.5, 0.6) is 0 Å². The summed E-state index contributed by atoms with van der Waals surface area (Å²) >= 11 is 0. The number of hydrogen-bond donors (Lipinski definition) is 0. The highest BCUT2D eigenvalue weighted by atomic mass is 16.5. The van der Waals surface area contributed by atoms with Gasteiger partial charge in [0.1, 0.15) is 0 Å². The molecular formula is C31H34N2O2. The van der Waals surface area contributed by atoms with Crippen LogP contribution in [-0.2, 0) is 16.0 Å². The minimum absolute atomic E-state index is 0.207. The fraction of sp³-hybridized carbons (Fsp3) is 0.226. The Bertz CT molecular complexity index is 1040. The molecule has 180 valence electrons. The van der Waals surface area contributed by atoms with E-state index in [-0.39, 0.29) is 12.0 Å². The molecule has 0 radical (unpaired) electrons. The summed E-state index contributed by atoms with van der Waals surface area (Å²) in [7, 11) is 1.43. The van der Waals surface area contributed by atoms with Gasteiger partial charge in [-0.25, -0.2) is 4.79 Å². The van der Waals surface area contributed by atoms with Crippen molar-refractivity contribution in [1.82, 2.24) is 4.90 Å². The average Bonchev–Trinajstić information content (AvgIpc) is 2.91. The van der Waals surface area contributed by atoms with E-state index >= 15 is 0 Å². The smallest absolute Gasteiger partial charge is 0.332 e. The van der Waals surface area contributed by atoms with Gasteiger partial charge in [0.05, 0.1) is 12.8 Å². The lowest BCUT2D eigenvalue weighted by atomic mass is 9.96. The van der Waals surface area contributed by atoms with E-state index in [1.165, 1.54) is 12.7 Å². The van der Waals surface area contributed by atoms with E-state index in [0.717, 1.165) is 29.7 Å². The van der Waals surface area contributed by atoms with E-state index in [2.05, 4.69) is 30.2 Å². The number of carbonyl (C=O) groups excluding carboxylic acids is 1. The van der Waals surface area contributed by atoms with Crippen LogP contribution in [0.1, 0.15) is 23.1 Å². The Hall–Kier alpha value is -3.76. The van der Waals surface area contributed by atoms with Gasteiger partial charge in [-0.3, -0.25) is 9.89 Å². The van der Waals surface area contributed by atoms with Gasteiger partial charge in [-0.05, 0) is 18.4 Å². The summed E-state index contributed by atoms with van der Waals surface area (Å²) in [5.41, 5.74) is 3.89. The van der Waals surface area contributed by atoms with Crippen LogP contribution in [-0.4, -0.2) is 48.9 Å². The van der Waals surface area contributed by atoms with Crippen molar-refractivity contribution >= 4 is 11.7 Å². The molecule has 3 aromatic carbocycles. The highest BCUT2D eigenvalue weighted by Crippen LogP contribution is 2.21. The monoisotopic (exact) mass is 466 g/mol. The maximum absolute atomic E-state index is 13.3. The minimum atomic E-state index is -0.723.